The van der Waals surface area contributed by atoms with Crippen LogP contribution in [-0.2, 0) is 0 Å². The summed E-state index contributed by atoms with van der Waals surface area (Å²) in [5.74, 6) is -0.0955. The molecule has 5 heteroatoms. The molecule has 1 aliphatic rings. The second-order valence-corrected chi connectivity index (χ2v) is 4.33. The molecule has 0 aromatic carbocycles. The molecule has 16 heavy (non-hydrogen) atoms. The maximum Gasteiger partial charge on any atom is 0.253 e. The zero-order valence-electron chi connectivity index (χ0n) is 8.87. The highest BCUT2D eigenvalue weighted by atomic mass is 35.5. The number of nitrogens with one attached hydrogen (secondary N) is 2. The highest BCUT2D eigenvalue weighted by Crippen LogP contribution is 2.09. The molecule has 1 aromatic heterocycles. The van der Waals surface area contributed by atoms with E-state index in [1.165, 1.54) is 12.4 Å². The molecule has 4 nitrogen and oxygen atoms in total. The quantitative estimate of drug-likeness (QED) is 0.816. The molecule has 2 N–H and O–H groups in total. The molecule has 1 fully saturated rings. The van der Waals surface area contributed by atoms with Gasteiger partial charge in [-0.05, 0) is 32.0 Å². The van der Waals surface area contributed by atoms with Crippen LogP contribution in [-0.4, -0.2) is 30.0 Å². The maximum absolute atomic E-state index is 11.8. The van der Waals surface area contributed by atoms with Gasteiger partial charge in [-0.1, -0.05) is 11.6 Å². The Labute approximate surface area is 99.4 Å². The Morgan fingerprint density at radius 1 is 1.44 bits per heavy atom. The third kappa shape index (κ3) is 2.93. The van der Waals surface area contributed by atoms with E-state index in [2.05, 4.69) is 15.6 Å². The van der Waals surface area contributed by atoms with E-state index in [1.54, 1.807) is 6.07 Å². The van der Waals surface area contributed by atoms with Gasteiger partial charge in [-0.3, -0.25) is 9.78 Å². The van der Waals surface area contributed by atoms with Crippen LogP contribution < -0.4 is 10.6 Å². The number of rotatable bonds is 2. The molecule has 0 radical (unpaired) electrons. The fraction of sp³-hybridized carbons (Fsp3) is 0.455. The molecule has 0 aliphatic carbocycles. The first kappa shape index (κ1) is 11.4. The molecule has 1 saturated heterocycles. The van der Waals surface area contributed by atoms with Crippen molar-refractivity contribution < 1.29 is 4.79 Å². The van der Waals surface area contributed by atoms with Crippen LogP contribution in [0.2, 0.25) is 5.02 Å². The zero-order valence-corrected chi connectivity index (χ0v) is 9.63. The number of carbonyl (C=O) groups excluding carboxylic acids is 1. The number of pyridine rings is 1. The highest BCUT2D eigenvalue weighted by Gasteiger charge is 2.16. The van der Waals surface area contributed by atoms with Gasteiger partial charge in [-0.15, -0.1) is 0 Å². The van der Waals surface area contributed by atoms with Crippen LogP contribution >= 0.6 is 11.6 Å². The number of carbonyl (C=O) groups is 1. The Balaban J connectivity index is 1.97. The normalized spacial score (nSPS) is 17.1. The second kappa shape index (κ2) is 5.27. The van der Waals surface area contributed by atoms with Crippen molar-refractivity contribution in [3.8, 4) is 0 Å². The van der Waals surface area contributed by atoms with Crippen LogP contribution in [0.5, 0.6) is 0 Å². The van der Waals surface area contributed by atoms with Gasteiger partial charge in [0.25, 0.3) is 5.91 Å². The van der Waals surface area contributed by atoms with Crippen molar-refractivity contribution in [3.05, 3.63) is 29.0 Å². The molecule has 1 amide bonds. The molecular weight excluding hydrogens is 226 g/mol. The van der Waals surface area contributed by atoms with Crippen molar-refractivity contribution in [2.24, 2.45) is 0 Å². The van der Waals surface area contributed by atoms with Crippen LogP contribution in [0.25, 0.3) is 0 Å². The molecule has 1 aromatic rings. The van der Waals surface area contributed by atoms with Crippen molar-refractivity contribution in [1.82, 2.24) is 15.6 Å². The van der Waals surface area contributed by atoms with Crippen molar-refractivity contribution >= 4 is 17.5 Å². The molecule has 0 atom stereocenters. The number of aromatic nitrogens is 1. The first-order valence-electron chi connectivity index (χ1n) is 5.38. The number of hydrogen-bond acceptors (Lipinski definition) is 3. The molecule has 2 rings (SSSR count). The third-order valence-corrected chi connectivity index (χ3v) is 2.85. The number of amides is 1. The SMILES string of the molecule is O=C(NC1CCNCC1)c1cncc(Cl)c1. The lowest BCUT2D eigenvalue weighted by molar-refractivity contribution is 0.0929. The van der Waals surface area contributed by atoms with E-state index >= 15 is 0 Å². The summed E-state index contributed by atoms with van der Waals surface area (Å²) in [5, 5.41) is 6.72. The number of halogens is 1. The Hall–Kier alpha value is -1.13. The van der Waals surface area contributed by atoms with Gasteiger partial charge in [-0.25, -0.2) is 0 Å². The van der Waals surface area contributed by atoms with Crippen molar-refractivity contribution in [3.63, 3.8) is 0 Å². The predicted octanol–water partition coefficient (Wildman–Crippen LogP) is 1.22. The summed E-state index contributed by atoms with van der Waals surface area (Å²) < 4.78 is 0. The summed E-state index contributed by atoms with van der Waals surface area (Å²) in [4.78, 5) is 15.7. The summed E-state index contributed by atoms with van der Waals surface area (Å²) in [5.41, 5.74) is 0.519. The lowest BCUT2D eigenvalue weighted by atomic mass is 10.1. The zero-order chi connectivity index (χ0) is 11.4. The number of nitrogens with zero attached hydrogens (tertiary/aromatic N) is 1. The van der Waals surface area contributed by atoms with Crippen LogP contribution in [0.3, 0.4) is 0 Å². The number of hydrogen-bond donors (Lipinski definition) is 2. The minimum atomic E-state index is -0.0955. The molecule has 0 unspecified atom stereocenters. The molecule has 2 heterocycles. The van der Waals surface area contributed by atoms with Crippen molar-refractivity contribution in [2.45, 2.75) is 18.9 Å². The molecular formula is C11H14ClN3O. The van der Waals surface area contributed by atoms with Gasteiger partial charge in [0.05, 0.1) is 10.6 Å². The fourth-order valence-electron chi connectivity index (χ4n) is 1.77. The Bertz CT molecular complexity index is 377. The average molecular weight is 240 g/mol. The van der Waals surface area contributed by atoms with Gasteiger partial charge in [0, 0.05) is 18.4 Å². The molecule has 0 spiro atoms. The maximum atomic E-state index is 11.8. The van der Waals surface area contributed by atoms with Crippen LogP contribution in [0.4, 0.5) is 0 Å². The Morgan fingerprint density at radius 3 is 2.88 bits per heavy atom. The number of piperidine rings is 1. The molecule has 0 saturated carbocycles. The minimum Gasteiger partial charge on any atom is -0.349 e. The van der Waals surface area contributed by atoms with Crippen molar-refractivity contribution in [1.29, 1.82) is 0 Å². The van der Waals surface area contributed by atoms with E-state index in [1.807, 2.05) is 0 Å². The molecule has 1 aliphatic heterocycles. The van der Waals surface area contributed by atoms with Crippen LogP contribution in [0.1, 0.15) is 23.2 Å². The van der Waals surface area contributed by atoms with E-state index in [9.17, 15) is 4.79 Å². The molecule has 86 valence electrons. The van der Waals surface area contributed by atoms with E-state index in [0.29, 0.717) is 10.6 Å². The average Bonchev–Trinajstić information content (AvgIpc) is 2.30. The van der Waals surface area contributed by atoms with Gasteiger partial charge >= 0.3 is 0 Å². The topological polar surface area (TPSA) is 54.0 Å². The first-order chi connectivity index (χ1) is 7.75. The molecule has 0 bridgehead atoms. The second-order valence-electron chi connectivity index (χ2n) is 3.89. The largest absolute Gasteiger partial charge is 0.349 e. The van der Waals surface area contributed by atoms with Gasteiger partial charge in [0.2, 0.25) is 0 Å². The Morgan fingerprint density at radius 2 is 2.19 bits per heavy atom. The van der Waals surface area contributed by atoms with E-state index in [-0.39, 0.29) is 11.9 Å². The highest BCUT2D eigenvalue weighted by molar-refractivity contribution is 6.30. The van der Waals surface area contributed by atoms with Crippen molar-refractivity contribution in [2.75, 3.05) is 13.1 Å². The summed E-state index contributed by atoms with van der Waals surface area (Å²) >= 11 is 5.78. The van der Waals surface area contributed by atoms with E-state index in [0.717, 1.165) is 25.9 Å². The van der Waals surface area contributed by atoms with E-state index in [4.69, 9.17) is 11.6 Å². The Kier molecular flexibility index (Phi) is 3.74. The lowest BCUT2D eigenvalue weighted by Crippen LogP contribution is -2.42. The monoisotopic (exact) mass is 239 g/mol. The summed E-state index contributed by atoms with van der Waals surface area (Å²) in [6.07, 6.45) is 4.99. The third-order valence-electron chi connectivity index (χ3n) is 2.64. The van der Waals surface area contributed by atoms with Gasteiger partial charge in [-0.2, -0.15) is 0 Å². The standard InChI is InChI=1S/C11H14ClN3O/c12-9-5-8(6-14-7-9)11(16)15-10-1-3-13-4-2-10/h5-7,10,13H,1-4H2,(H,15,16). The predicted molar refractivity (Wildman–Crippen MR) is 62.6 cm³/mol. The van der Waals surface area contributed by atoms with Crippen LogP contribution in [0.15, 0.2) is 18.5 Å². The smallest absolute Gasteiger partial charge is 0.253 e. The summed E-state index contributed by atoms with van der Waals surface area (Å²) in [6.45, 7) is 1.91. The van der Waals surface area contributed by atoms with Crippen LogP contribution in [0, 0.1) is 0 Å². The summed E-state index contributed by atoms with van der Waals surface area (Å²) in [6, 6.07) is 1.89. The van der Waals surface area contributed by atoms with Gasteiger partial charge in [0.1, 0.15) is 0 Å². The van der Waals surface area contributed by atoms with E-state index < -0.39 is 0 Å². The van der Waals surface area contributed by atoms with Gasteiger partial charge < -0.3 is 10.6 Å². The minimum absolute atomic E-state index is 0.0955. The fourth-order valence-corrected chi connectivity index (χ4v) is 1.94. The first-order valence-corrected chi connectivity index (χ1v) is 5.75. The van der Waals surface area contributed by atoms with Gasteiger partial charge in [0.15, 0.2) is 0 Å². The lowest BCUT2D eigenvalue weighted by Gasteiger charge is -2.23. The summed E-state index contributed by atoms with van der Waals surface area (Å²) in [7, 11) is 0.